The van der Waals surface area contributed by atoms with E-state index in [1.54, 1.807) is 0 Å². The molecular formula is C19H28F2O2. The second-order valence-corrected chi connectivity index (χ2v) is 8.84. The molecular weight excluding hydrogens is 298 g/mol. The number of hydrogen-bond acceptors (Lipinski definition) is 2. The SMILES string of the molecule is CC12CC=C3CC4(F)CC(O)CCC4CC[C@]3(O)C1CCC2F. The van der Waals surface area contributed by atoms with E-state index in [0.29, 0.717) is 44.9 Å². The van der Waals surface area contributed by atoms with Gasteiger partial charge in [0.15, 0.2) is 0 Å². The summed E-state index contributed by atoms with van der Waals surface area (Å²) < 4.78 is 30.0. The molecule has 0 bridgehead atoms. The molecule has 0 aromatic carbocycles. The van der Waals surface area contributed by atoms with Gasteiger partial charge in [0.05, 0.1) is 11.7 Å². The summed E-state index contributed by atoms with van der Waals surface area (Å²) in [5.74, 6) is -0.186. The molecule has 0 aliphatic heterocycles. The molecule has 4 rings (SSSR count). The van der Waals surface area contributed by atoms with Gasteiger partial charge in [0.2, 0.25) is 0 Å². The van der Waals surface area contributed by atoms with Crippen LogP contribution in [0, 0.1) is 17.3 Å². The van der Waals surface area contributed by atoms with Crippen molar-refractivity contribution in [1.29, 1.82) is 0 Å². The predicted octanol–water partition coefficient (Wildman–Crippen LogP) is 3.86. The summed E-state index contributed by atoms with van der Waals surface area (Å²) in [5, 5.41) is 21.4. The van der Waals surface area contributed by atoms with Crippen LogP contribution in [0.15, 0.2) is 11.6 Å². The number of alkyl halides is 2. The number of hydrogen-bond donors (Lipinski definition) is 2. The molecule has 0 amide bonds. The lowest BCUT2D eigenvalue weighted by atomic mass is 9.60. The molecule has 0 radical (unpaired) electrons. The Morgan fingerprint density at radius 2 is 1.96 bits per heavy atom. The first-order chi connectivity index (χ1) is 10.8. The van der Waals surface area contributed by atoms with E-state index < -0.39 is 29.0 Å². The van der Waals surface area contributed by atoms with Crippen LogP contribution in [0.25, 0.3) is 0 Å². The lowest BCUT2D eigenvalue weighted by Crippen LogP contribution is -2.50. The lowest BCUT2D eigenvalue weighted by Gasteiger charge is -2.48. The largest absolute Gasteiger partial charge is 0.393 e. The molecule has 4 aliphatic carbocycles. The first kappa shape index (κ1) is 16.0. The summed E-state index contributed by atoms with van der Waals surface area (Å²) in [6.07, 6.45) is 5.20. The number of halogens is 2. The summed E-state index contributed by atoms with van der Waals surface area (Å²) in [6.45, 7) is 1.95. The van der Waals surface area contributed by atoms with Gasteiger partial charge in [-0.05, 0) is 56.4 Å². The van der Waals surface area contributed by atoms with Gasteiger partial charge in [-0.2, -0.15) is 0 Å². The molecule has 3 fully saturated rings. The molecule has 0 spiro atoms. The van der Waals surface area contributed by atoms with Gasteiger partial charge in [-0.15, -0.1) is 0 Å². The van der Waals surface area contributed by atoms with Crippen LogP contribution in [-0.2, 0) is 0 Å². The van der Waals surface area contributed by atoms with E-state index in [2.05, 4.69) is 0 Å². The van der Waals surface area contributed by atoms with Gasteiger partial charge in [0.25, 0.3) is 0 Å². The van der Waals surface area contributed by atoms with Crippen LogP contribution in [0.5, 0.6) is 0 Å². The summed E-state index contributed by atoms with van der Waals surface area (Å²) in [6, 6.07) is 0. The predicted molar refractivity (Wildman–Crippen MR) is 84.4 cm³/mol. The topological polar surface area (TPSA) is 40.5 Å². The Morgan fingerprint density at radius 1 is 1.17 bits per heavy atom. The van der Waals surface area contributed by atoms with Crippen LogP contribution in [0.1, 0.15) is 64.7 Å². The van der Waals surface area contributed by atoms with E-state index in [-0.39, 0.29) is 24.7 Å². The Balaban J connectivity index is 1.71. The van der Waals surface area contributed by atoms with E-state index in [4.69, 9.17) is 0 Å². The van der Waals surface area contributed by atoms with E-state index in [1.807, 2.05) is 13.0 Å². The number of aliphatic hydroxyl groups is 2. The fourth-order valence-electron chi connectivity index (χ4n) is 6.19. The third-order valence-electron chi connectivity index (χ3n) is 7.65. The zero-order valence-corrected chi connectivity index (χ0v) is 13.9. The van der Waals surface area contributed by atoms with Gasteiger partial charge in [-0.25, -0.2) is 8.78 Å². The fourth-order valence-corrected chi connectivity index (χ4v) is 6.19. The normalized spacial score (nSPS) is 56.1. The van der Waals surface area contributed by atoms with Crippen LogP contribution in [0.3, 0.4) is 0 Å². The Hall–Kier alpha value is -0.480. The molecule has 0 aromatic heterocycles. The minimum Gasteiger partial charge on any atom is -0.393 e. The minimum atomic E-state index is -1.41. The van der Waals surface area contributed by atoms with Crippen molar-refractivity contribution in [2.24, 2.45) is 17.3 Å². The highest BCUT2D eigenvalue weighted by molar-refractivity contribution is 5.31. The van der Waals surface area contributed by atoms with Crippen LogP contribution < -0.4 is 0 Å². The first-order valence-electron chi connectivity index (χ1n) is 9.21. The number of aliphatic hydroxyl groups excluding tert-OH is 1. The zero-order chi connectivity index (χ0) is 16.5. The quantitative estimate of drug-likeness (QED) is 0.664. The van der Waals surface area contributed by atoms with Crippen LogP contribution in [-0.4, -0.2) is 33.8 Å². The molecule has 0 saturated heterocycles. The molecule has 7 atom stereocenters. The molecule has 130 valence electrons. The number of allylic oxidation sites excluding steroid dienone is 1. The molecule has 4 heteroatoms. The maximum Gasteiger partial charge on any atom is 0.120 e. The van der Waals surface area contributed by atoms with Crippen LogP contribution in [0.4, 0.5) is 8.78 Å². The highest BCUT2D eigenvalue weighted by Gasteiger charge is 2.61. The zero-order valence-electron chi connectivity index (χ0n) is 13.9. The molecule has 6 unspecified atom stereocenters. The Bertz CT molecular complexity index is 535. The standard InChI is InChI=1S/C19H28F2O2/c1-17-8-6-13-10-18(21)11-14(22)3-2-12(18)7-9-19(13,23)15(17)4-5-16(17)20/h6,12,14-16,22-23H,2-5,7-11H2,1H3/t12?,14?,15?,16?,17?,18?,19-/m1/s1. The first-order valence-corrected chi connectivity index (χ1v) is 9.21. The number of fused-ring (bicyclic) bond motifs is 4. The second kappa shape index (κ2) is 5.01. The van der Waals surface area contributed by atoms with Crippen molar-refractivity contribution < 1.29 is 19.0 Å². The van der Waals surface area contributed by atoms with Crippen LogP contribution >= 0.6 is 0 Å². The Kier molecular flexibility index (Phi) is 3.49. The highest BCUT2D eigenvalue weighted by Crippen LogP contribution is 2.61. The van der Waals surface area contributed by atoms with E-state index in [1.165, 1.54) is 0 Å². The summed E-state index contributed by atoms with van der Waals surface area (Å²) >= 11 is 0. The molecule has 0 heterocycles. The Morgan fingerprint density at radius 3 is 2.74 bits per heavy atom. The van der Waals surface area contributed by atoms with Gasteiger partial charge in [-0.1, -0.05) is 13.0 Å². The maximum absolute atomic E-state index is 15.6. The third-order valence-corrected chi connectivity index (χ3v) is 7.65. The third kappa shape index (κ3) is 2.17. The van der Waals surface area contributed by atoms with E-state index in [9.17, 15) is 14.6 Å². The van der Waals surface area contributed by atoms with Crippen molar-refractivity contribution in [1.82, 2.24) is 0 Å². The fraction of sp³-hybridized carbons (Fsp3) is 0.895. The monoisotopic (exact) mass is 326 g/mol. The maximum atomic E-state index is 15.6. The van der Waals surface area contributed by atoms with Crippen molar-refractivity contribution in [3.05, 3.63) is 11.6 Å². The molecule has 4 aliphatic rings. The average molecular weight is 326 g/mol. The van der Waals surface area contributed by atoms with Gasteiger partial charge in [0, 0.05) is 24.2 Å². The summed E-state index contributed by atoms with van der Waals surface area (Å²) in [4.78, 5) is 0. The van der Waals surface area contributed by atoms with Crippen LogP contribution in [0.2, 0.25) is 0 Å². The van der Waals surface area contributed by atoms with Crippen molar-refractivity contribution in [2.45, 2.75) is 88.3 Å². The molecule has 2 N–H and O–H groups in total. The van der Waals surface area contributed by atoms with E-state index >= 15 is 4.39 Å². The van der Waals surface area contributed by atoms with Crippen molar-refractivity contribution in [3.63, 3.8) is 0 Å². The molecule has 2 nitrogen and oxygen atoms in total. The number of rotatable bonds is 0. The van der Waals surface area contributed by atoms with Gasteiger partial charge in [-0.3, -0.25) is 0 Å². The lowest BCUT2D eigenvalue weighted by molar-refractivity contribution is -0.0610. The molecule has 23 heavy (non-hydrogen) atoms. The Labute approximate surface area is 137 Å². The van der Waals surface area contributed by atoms with Gasteiger partial charge in [0.1, 0.15) is 11.8 Å². The highest BCUT2D eigenvalue weighted by atomic mass is 19.1. The minimum absolute atomic E-state index is 0.0877. The van der Waals surface area contributed by atoms with Crippen molar-refractivity contribution in [2.75, 3.05) is 0 Å². The van der Waals surface area contributed by atoms with Crippen molar-refractivity contribution >= 4 is 0 Å². The summed E-state index contributed by atoms with van der Waals surface area (Å²) in [7, 11) is 0. The van der Waals surface area contributed by atoms with E-state index in [0.717, 1.165) is 5.57 Å². The van der Waals surface area contributed by atoms with Gasteiger partial charge >= 0.3 is 0 Å². The average Bonchev–Trinajstić information content (AvgIpc) is 2.72. The molecule has 0 aromatic rings. The van der Waals surface area contributed by atoms with Gasteiger partial charge < -0.3 is 10.2 Å². The molecule has 3 saturated carbocycles. The van der Waals surface area contributed by atoms with Crippen molar-refractivity contribution in [3.8, 4) is 0 Å². The summed E-state index contributed by atoms with van der Waals surface area (Å²) in [5.41, 5.74) is -2.17. The smallest absolute Gasteiger partial charge is 0.120 e. The second-order valence-electron chi connectivity index (χ2n) is 8.84.